The molecule has 1 aromatic heterocycles. The van der Waals surface area contributed by atoms with E-state index in [2.05, 4.69) is 24.1 Å². The number of halogens is 2. The molecule has 0 bridgehead atoms. The molecule has 7 nitrogen and oxygen atoms in total. The maximum atomic E-state index is 13.0. The molecule has 1 aromatic carbocycles. The minimum absolute atomic E-state index is 0. The van der Waals surface area contributed by atoms with Gasteiger partial charge in [0.1, 0.15) is 5.56 Å². The molecule has 35 heavy (non-hydrogen) atoms. The molecule has 196 valence electrons. The number of nitrogens with zero attached hydrogens (tertiary/aromatic N) is 1. The number of hydrogen-bond donors (Lipinski definition) is 1. The van der Waals surface area contributed by atoms with Crippen molar-refractivity contribution in [2.75, 3.05) is 26.4 Å². The number of aryl methyl sites for hydroxylation is 1. The van der Waals surface area contributed by atoms with Crippen LogP contribution >= 0.6 is 24.8 Å². The standard InChI is InChI=1S/C26H36N2O5.2ClH/c1-6-31-25(29)22-21(17-20-13-9-8-10-14-20)28-19(5)24(23(22)26(30)32-7-2)33-16-12-11-15-27-18(3)4;;/h8-10,13-14,18,27H,6-7,11-12,15-17H2,1-5H3;2*1H. The van der Waals surface area contributed by atoms with Gasteiger partial charge in [0.05, 0.1) is 36.8 Å². The lowest BCUT2D eigenvalue weighted by Gasteiger charge is -2.19. The quantitative estimate of drug-likeness (QED) is 0.277. The molecule has 0 amide bonds. The van der Waals surface area contributed by atoms with Crippen LogP contribution in [0.2, 0.25) is 0 Å². The number of carbonyl (C=O) groups is 2. The van der Waals surface area contributed by atoms with Crippen molar-refractivity contribution in [3.8, 4) is 5.75 Å². The summed E-state index contributed by atoms with van der Waals surface area (Å²) in [4.78, 5) is 30.7. The molecule has 0 unspecified atom stereocenters. The topological polar surface area (TPSA) is 86.8 Å². The third-order valence-corrected chi connectivity index (χ3v) is 4.94. The molecular formula is C26H38Cl2N2O5. The molecule has 1 heterocycles. The molecule has 0 aliphatic heterocycles. The minimum Gasteiger partial charge on any atom is -0.491 e. The van der Waals surface area contributed by atoms with Gasteiger partial charge >= 0.3 is 11.9 Å². The highest BCUT2D eigenvalue weighted by molar-refractivity contribution is 6.06. The molecule has 0 saturated carbocycles. The fourth-order valence-corrected chi connectivity index (χ4v) is 3.45. The first-order valence-electron chi connectivity index (χ1n) is 11.7. The average Bonchev–Trinajstić information content (AvgIpc) is 2.77. The molecule has 2 aromatic rings. The number of pyridine rings is 1. The summed E-state index contributed by atoms with van der Waals surface area (Å²) in [5.74, 6) is -0.938. The summed E-state index contributed by atoms with van der Waals surface area (Å²) in [6.07, 6.45) is 2.10. The molecule has 0 aliphatic carbocycles. The van der Waals surface area contributed by atoms with Gasteiger partial charge in [-0.2, -0.15) is 0 Å². The Kier molecular flexibility index (Phi) is 16.0. The van der Waals surface area contributed by atoms with Crippen LogP contribution < -0.4 is 10.1 Å². The Balaban J connectivity index is 0.00000578. The van der Waals surface area contributed by atoms with Gasteiger partial charge in [-0.15, -0.1) is 24.8 Å². The van der Waals surface area contributed by atoms with Crippen molar-refractivity contribution in [1.29, 1.82) is 0 Å². The Labute approximate surface area is 221 Å². The van der Waals surface area contributed by atoms with Crippen molar-refractivity contribution >= 4 is 36.8 Å². The molecule has 1 N–H and O–H groups in total. The monoisotopic (exact) mass is 528 g/mol. The first-order valence-corrected chi connectivity index (χ1v) is 11.7. The van der Waals surface area contributed by atoms with E-state index in [4.69, 9.17) is 14.2 Å². The van der Waals surface area contributed by atoms with Gasteiger partial charge in [0.2, 0.25) is 0 Å². The number of aromatic nitrogens is 1. The molecule has 0 spiro atoms. The Morgan fingerprint density at radius 3 is 2.11 bits per heavy atom. The number of ether oxygens (including phenoxy) is 3. The summed E-state index contributed by atoms with van der Waals surface area (Å²) >= 11 is 0. The van der Waals surface area contributed by atoms with Crippen LogP contribution in [0.3, 0.4) is 0 Å². The second kappa shape index (κ2) is 17.1. The zero-order valence-electron chi connectivity index (χ0n) is 21.2. The van der Waals surface area contributed by atoms with Crippen molar-refractivity contribution in [2.45, 2.75) is 59.9 Å². The van der Waals surface area contributed by atoms with Crippen molar-refractivity contribution in [3.05, 3.63) is 58.4 Å². The zero-order valence-corrected chi connectivity index (χ0v) is 22.9. The number of hydrogen-bond acceptors (Lipinski definition) is 7. The van der Waals surface area contributed by atoms with Crippen LogP contribution in [-0.4, -0.2) is 49.3 Å². The predicted octanol–water partition coefficient (Wildman–Crippen LogP) is 5.33. The third kappa shape index (κ3) is 10.0. The van der Waals surface area contributed by atoms with Gasteiger partial charge in [0.25, 0.3) is 0 Å². The highest BCUT2D eigenvalue weighted by Gasteiger charge is 2.30. The number of nitrogens with one attached hydrogen (secondary N) is 1. The van der Waals surface area contributed by atoms with Gasteiger partial charge in [0.15, 0.2) is 5.75 Å². The highest BCUT2D eigenvalue weighted by atomic mass is 35.5. The third-order valence-electron chi connectivity index (χ3n) is 4.94. The average molecular weight is 530 g/mol. The van der Waals surface area contributed by atoms with Gasteiger partial charge in [0, 0.05) is 12.5 Å². The van der Waals surface area contributed by atoms with Crippen LogP contribution in [-0.2, 0) is 15.9 Å². The van der Waals surface area contributed by atoms with Crippen LogP contribution in [0.25, 0.3) is 0 Å². The maximum Gasteiger partial charge on any atom is 0.342 e. The number of unbranched alkanes of at least 4 members (excludes halogenated alkanes) is 1. The normalized spacial score (nSPS) is 10.2. The van der Waals surface area contributed by atoms with E-state index >= 15 is 0 Å². The SMILES string of the molecule is CCOC(=O)c1c(Cc2ccccc2)nc(C)c(OCCCCNC(C)C)c1C(=O)OCC.Cl.Cl. The molecule has 0 aliphatic rings. The van der Waals surface area contributed by atoms with E-state index in [-0.39, 0.29) is 54.9 Å². The summed E-state index contributed by atoms with van der Waals surface area (Å²) in [6.45, 7) is 11.1. The zero-order chi connectivity index (χ0) is 24.2. The second-order valence-electron chi connectivity index (χ2n) is 7.99. The Morgan fingerprint density at radius 1 is 0.943 bits per heavy atom. The number of rotatable bonds is 13. The highest BCUT2D eigenvalue weighted by Crippen LogP contribution is 2.31. The van der Waals surface area contributed by atoms with E-state index in [1.54, 1.807) is 20.8 Å². The van der Waals surface area contributed by atoms with E-state index < -0.39 is 11.9 Å². The van der Waals surface area contributed by atoms with Crippen LogP contribution in [0.4, 0.5) is 0 Å². The summed E-state index contributed by atoms with van der Waals surface area (Å²) in [6, 6.07) is 10.1. The lowest BCUT2D eigenvalue weighted by Crippen LogP contribution is -2.24. The van der Waals surface area contributed by atoms with Crippen LogP contribution in [0.1, 0.15) is 78.2 Å². The van der Waals surface area contributed by atoms with Gasteiger partial charge in [-0.3, -0.25) is 4.98 Å². The molecule has 2 rings (SSSR count). The predicted molar refractivity (Wildman–Crippen MR) is 142 cm³/mol. The Morgan fingerprint density at radius 2 is 1.54 bits per heavy atom. The summed E-state index contributed by atoms with van der Waals surface area (Å²) in [7, 11) is 0. The van der Waals surface area contributed by atoms with Crippen molar-refractivity contribution in [3.63, 3.8) is 0 Å². The fraction of sp³-hybridized carbons (Fsp3) is 0.500. The second-order valence-corrected chi connectivity index (χ2v) is 7.99. The number of benzene rings is 1. The van der Waals surface area contributed by atoms with Crippen LogP contribution in [0.15, 0.2) is 30.3 Å². The van der Waals surface area contributed by atoms with E-state index in [1.165, 1.54) is 0 Å². The Bertz CT molecular complexity index is 924. The fourth-order valence-electron chi connectivity index (χ4n) is 3.45. The largest absolute Gasteiger partial charge is 0.491 e. The van der Waals surface area contributed by atoms with E-state index in [9.17, 15) is 9.59 Å². The number of esters is 2. The molecule has 0 atom stereocenters. The molecule has 0 saturated heterocycles. The number of carbonyl (C=O) groups excluding carboxylic acids is 2. The van der Waals surface area contributed by atoms with Gasteiger partial charge < -0.3 is 19.5 Å². The summed E-state index contributed by atoms with van der Waals surface area (Å²) in [5, 5.41) is 3.37. The summed E-state index contributed by atoms with van der Waals surface area (Å²) in [5.41, 5.74) is 2.18. The first-order chi connectivity index (χ1) is 15.9. The van der Waals surface area contributed by atoms with Gasteiger partial charge in [-0.25, -0.2) is 9.59 Å². The molecule has 9 heteroatoms. The van der Waals surface area contributed by atoms with E-state index in [0.717, 1.165) is 24.9 Å². The first kappa shape index (κ1) is 32.7. The van der Waals surface area contributed by atoms with Crippen molar-refractivity contribution in [1.82, 2.24) is 10.3 Å². The summed E-state index contributed by atoms with van der Waals surface area (Å²) < 4.78 is 16.6. The van der Waals surface area contributed by atoms with Crippen LogP contribution in [0.5, 0.6) is 5.75 Å². The Hall–Kier alpha value is -2.35. The minimum atomic E-state index is -0.614. The van der Waals surface area contributed by atoms with Gasteiger partial charge in [-0.05, 0) is 45.7 Å². The van der Waals surface area contributed by atoms with Crippen molar-refractivity contribution < 1.29 is 23.8 Å². The van der Waals surface area contributed by atoms with Crippen molar-refractivity contribution in [2.24, 2.45) is 0 Å². The van der Waals surface area contributed by atoms with E-state index in [1.807, 2.05) is 30.3 Å². The van der Waals surface area contributed by atoms with Crippen LogP contribution in [0, 0.1) is 6.92 Å². The lowest BCUT2D eigenvalue weighted by molar-refractivity contribution is 0.0472. The molecule has 0 radical (unpaired) electrons. The lowest BCUT2D eigenvalue weighted by atomic mass is 9.98. The van der Waals surface area contributed by atoms with Gasteiger partial charge in [-0.1, -0.05) is 44.2 Å². The molecule has 0 fully saturated rings. The maximum absolute atomic E-state index is 13.0. The smallest absolute Gasteiger partial charge is 0.342 e. The molecular weight excluding hydrogens is 491 g/mol. The van der Waals surface area contributed by atoms with E-state index in [0.29, 0.717) is 30.5 Å².